The molecule has 0 heterocycles. The molecule has 0 saturated heterocycles. The molecule has 0 unspecified atom stereocenters. The smallest absolute Gasteiger partial charge is 0.396 e. The number of aliphatic hydroxyl groups excluding tert-OH is 1. The summed E-state index contributed by atoms with van der Waals surface area (Å²) in [6.45, 7) is 0.620. The maximum Gasteiger partial charge on any atom is 0.417 e. The summed E-state index contributed by atoms with van der Waals surface area (Å²) in [4.78, 5) is 0. The molecular formula is C12H13F3N2O. The number of unbranched alkanes of at least 4 members (excludes halogenated alkanes) is 1. The highest BCUT2D eigenvalue weighted by atomic mass is 19.4. The van der Waals surface area contributed by atoms with E-state index < -0.39 is 17.3 Å². The van der Waals surface area contributed by atoms with Gasteiger partial charge in [0.05, 0.1) is 17.2 Å². The van der Waals surface area contributed by atoms with Gasteiger partial charge < -0.3 is 10.4 Å². The Labute approximate surface area is 103 Å². The third kappa shape index (κ3) is 3.93. The second kappa shape index (κ2) is 6.26. The highest BCUT2D eigenvalue weighted by molar-refractivity contribution is 5.53. The Balaban J connectivity index is 2.77. The van der Waals surface area contributed by atoms with Crippen LogP contribution in [0, 0.1) is 11.3 Å². The molecule has 0 atom stereocenters. The van der Waals surface area contributed by atoms with Gasteiger partial charge in [0.25, 0.3) is 0 Å². The lowest BCUT2D eigenvalue weighted by Gasteiger charge is -2.11. The van der Waals surface area contributed by atoms with Gasteiger partial charge in [-0.1, -0.05) is 0 Å². The normalized spacial score (nSPS) is 11.1. The number of anilines is 1. The Morgan fingerprint density at radius 1 is 1.28 bits per heavy atom. The summed E-state index contributed by atoms with van der Waals surface area (Å²) in [6.07, 6.45) is -3.18. The van der Waals surface area contributed by atoms with E-state index >= 15 is 0 Å². The molecule has 0 aliphatic carbocycles. The molecule has 2 N–H and O–H groups in total. The Morgan fingerprint density at radius 3 is 2.56 bits per heavy atom. The van der Waals surface area contributed by atoms with E-state index in [1.165, 1.54) is 12.1 Å². The maximum absolute atomic E-state index is 12.5. The Bertz CT molecular complexity index is 438. The van der Waals surface area contributed by atoms with E-state index in [-0.39, 0.29) is 6.61 Å². The van der Waals surface area contributed by atoms with E-state index in [0.29, 0.717) is 25.1 Å². The average Bonchev–Trinajstić information content (AvgIpc) is 2.33. The van der Waals surface area contributed by atoms with Crippen LogP contribution in [0.15, 0.2) is 18.2 Å². The third-order valence-corrected chi connectivity index (χ3v) is 2.36. The first-order valence-electron chi connectivity index (χ1n) is 5.45. The zero-order chi connectivity index (χ0) is 13.6. The molecule has 3 nitrogen and oxygen atoms in total. The Morgan fingerprint density at radius 2 is 2.00 bits per heavy atom. The molecule has 18 heavy (non-hydrogen) atoms. The van der Waals surface area contributed by atoms with Crippen molar-refractivity contribution in [2.75, 3.05) is 18.5 Å². The summed E-state index contributed by atoms with van der Waals surface area (Å²) < 4.78 is 37.6. The number of rotatable bonds is 5. The van der Waals surface area contributed by atoms with Gasteiger partial charge in [-0.05, 0) is 31.0 Å². The van der Waals surface area contributed by atoms with Gasteiger partial charge in [0.1, 0.15) is 0 Å². The van der Waals surface area contributed by atoms with Crippen LogP contribution in [0.2, 0.25) is 0 Å². The third-order valence-electron chi connectivity index (χ3n) is 2.36. The van der Waals surface area contributed by atoms with Gasteiger partial charge in [-0.25, -0.2) is 0 Å². The molecule has 1 rings (SSSR count). The number of halogens is 3. The van der Waals surface area contributed by atoms with Crippen LogP contribution in [0.4, 0.5) is 18.9 Å². The second-order valence-corrected chi connectivity index (χ2v) is 3.73. The quantitative estimate of drug-likeness (QED) is 0.798. The molecule has 6 heteroatoms. The largest absolute Gasteiger partial charge is 0.417 e. The van der Waals surface area contributed by atoms with E-state index in [2.05, 4.69) is 5.32 Å². The molecule has 0 bridgehead atoms. The summed E-state index contributed by atoms with van der Waals surface area (Å²) in [5.41, 5.74) is -0.849. The number of nitriles is 1. The van der Waals surface area contributed by atoms with E-state index in [0.717, 1.165) is 6.07 Å². The van der Waals surface area contributed by atoms with Crippen molar-refractivity contribution in [3.05, 3.63) is 29.3 Å². The number of nitrogens with one attached hydrogen (secondary N) is 1. The fraction of sp³-hybridized carbons (Fsp3) is 0.417. The molecule has 0 aliphatic rings. The van der Waals surface area contributed by atoms with Gasteiger partial charge in [0, 0.05) is 18.8 Å². The maximum atomic E-state index is 12.5. The van der Waals surface area contributed by atoms with Crippen molar-refractivity contribution in [1.29, 1.82) is 5.26 Å². The molecular weight excluding hydrogens is 245 g/mol. The van der Waals surface area contributed by atoms with Crippen LogP contribution < -0.4 is 5.32 Å². The van der Waals surface area contributed by atoms with Gasteiger partial charge in [0.15, 0.2) is 0 Å². The van der Waals surface area contributed by atoms with Crippen LogP contribution in [0.25, 0.3) is 0 Å². The van der Waals surface area contributed by atoms with E-state index in [4.69, 9.17) is 10.4 Å². The standard InChI is InChI=1S/C12H13F3N2O/c13-12(14,15)11-4-3-10(7-9(11)8-16)17-5-1-2-6-18/h3-4,7,17-18H,1-2,5-6H2. The first kappa shape index (κ1) is 14.3. The van der Waals surface area contributed by atoms with Gasteiger partial charge in [-0.2, -0.15) is 18.4 Å². The van der Waals surface area contributed by atoms with Crippen LogP contribution in [-0.4, -0.2) is 18.3 Å². The molecule has 0 spiro atoms. The first-order valence-corrected chi connectivity index (χ1v) is 5.45. The molecule has 0 saturated carbocycles. The minimum Gasteiger partial charge on any atom is -0.396 e. The predicted octanol–water partition coefficient (Wildman–Crippen LogP) is 2.76. The van der Waals surface area contributed by atoms with E-state index in [1.54, 1.807) is 6.07 Å². The molecule has 98 valence electrons. The number of alkyl halides is 3. The molecule has 0 aromatic heterocycles. The molecule has 1 aromatic rings. The van der Waals surface area contributed by atoms with E-state index in [1.807, 2.05) is 0 Å². The molecule has 0 aliphatic heterocycles. The molecule has 0 radical (unpaired) electrons. The SMILES string of the molecule is N#Cc1cc(NCCCCO)ccc1C(F)(F)F. The van der Waals surface area contributed by atoms with Crippen molar-refractivity contribution in [2.24, 2.45) is 0 Å². The summed E-state index contributed by atoms with van der Waals surface area (Å²) in [5, 5.41) is 20.2. The summed E-state index contributed by atoms with van der Waals surface area (Å²) in [6, 6.07) is 4.92. The Hall–Kier alpha value is -1.74. The zero-order valence-electron chi connectivity index (χ0n) is 9.59. The second-order valence-electron chi connectivity index (χ2n) is 3.73. The van der Waals surface area contributed by atoms with Gasteiger partial charge in [-0.3, -0.25) is 0 Å². The van der Waals surface area contributed by atoms with Gasteiger partial charge >= 0.3 is 6.18 Å². The van der Waals surface area contributed by atoms with Crippen molar-refractivity contribution in [3.8, 4) is 6.07 Å². The fourth-order valence-electron chi connectivity index (χ4n) is 1.46. The number of nitrogens with zero attached hydrogens (tertiary/aromatic N) is 1. The number of hydrogen-bond donors (Lipinski definition) is 2. The highest BCUT2D eigenvalue weighted by Gasteiger charge is 2.33. The number of hydrogen-bond acceptors (Lipinski definition) is 3. The number of aliphatic hydroxyl groups is 1. The van der Waals surface area contributed by atoms with E-state index in [9.17, 15) is 13.2 Å². The highest BCUT2D eigenvalue weighted by Crippen LogP contribution is 2.32. The molecule has 0 fully saturated rings. The van der Waals surface area contributed by atoms with Gasteiger partial charge in [0.2, 0.25) is 0 Å². The fourth-order valence-corrected chi connectivity index (χ4v) is 1.46. The summed E-state index contributed by atoms with van der Waals surface area (Å²) in [5.74, 6) is 0. The topological polar surface area (TPSA) is 56.0 Å². The van der Waals surface area contributed by atoms with Crippen LogP contribution in [-0.2, 0) is 6.18 Å². The minimum absolute atomic E-state index is 0.0815. The average molecular weight is 258 g/mol. The van der Waals surface area contributed by atoms with Crippen molar-refractivity contribution in [2.45, 2.75) is 19.0 Å². The monoisotopic (exact) mass is 258 g/mol. The zero-order valence-corrected chi connectivity index (χ0v) is 9.59. The van der Waals surface area contributed by atoms with Crippen molar-refractivity contribution in [1.82, 2.24) is 0 Å². The molecule has 0 amide bonds. The predicted molar refractivity (Wildman–Crippen MR) is 61.0 cm³/mol. The first-order chi connectivity index (χ1) is 8.49. The van der Waals surface area contributed by atoms with Crippen LogP contribution in [0.3, 0.4) is 0 Å². The lowest BCUT2D eigenvalue weighted by Crippen LogP contribution is -2.09. The van der Waals surface area contributed by atoms with Crippen molar-refractivity contribution in [3.63, 3.8) is 0 Å². The lowest BCUT2D eigenvalue weighted by atomic mass is 10.1. The minimum atomic E-state index is -4.51. The summed E-state index contributed by atoms with van der Waals surface area (Å²) >= 11 is 0. The lowest BCUT2D eigenvalue weighted by molar-refractivity contribution is -0.137. The van der Waals surface area contributed by atoms with Crippen molar-refractivity contribution >= 4 is 5.69 Å². The van der Waals surface area contributed by atoms with Gasteiger partial charge in [-0.15, -0.1) is 0 Å². The summed E-state index contributed by atoms with van der Waals surface area (Å²) in [7, 11) is 0. The van der Waals surface area contributed by atoms with Crippen molar-refractivity contribution < 1.29 is 18.3 Å². The molecule has 1 aromatic carbocycles. The Kier molecular flexibility index (Phi) is 4.98. The van der Waals surface area contributed by atoms with Crippen LogP contribution in [0.1, 0.15) is 24.0 Å². The van der Waals surface area contributed by atoms with Crippen LogP contribution >= 0.6 is 0 Å². The number of benzene rings is 1. The van der Waals surface area contributed by atoms with Crippen LogP contribution in [0.5, 0.6) is 0 Å².